The third-order valence-corrected chi connectivity index (χ3v) is 3.46. The summed E-state index contributed by atoms with van der Waals surface area (Å²) in [6, 6.07) is -0.140. The minimum Gasteiger partial charge on any atom is -0.347 e. The molecule has 5 nitrogen and oxygen atoms in total. The highest BCUT2D eigenvalue weighted by Crippen LogP contribution is 2.18. The summed E-state index contributed by atoms with van der Waals surface area (Å²) in [7, 11) is 0. The van der Waals surface area contributed by atoms with E-state index in [0.717, 1.165) is 16.5 Å². The summed E-state index contributed by atoms with van der Waals surface area (Å²) < 4.78 is 0. The largest absolute Gasteiger partial charge is 0.347 e. The second kappa shape index (κ2) is 4.67. The summed E-state index contributed by atoms with van der Waals surface area (Å²) in [5, 5.41) is 3.79. The van der Waals surface area contributed by atoms with Crippen LogP contribution in [0.5, 0.6) is 0 Å². The van der Waals surface area contributed by atoms with E-state index >= 15 is 0 Å². The molecule has 1 amide bonds. The lowest BCUT2D eigenvalue weighted by atomic mass is 10.3. The quantitative estimate of drug-likeness (QED) is 0.875. The van der Waals surface area contributed by atoms with Crippen LogP contribution < -0.4 is 5.32 Å². The van der Waals surface area contributed by atoms with Crippen LogP contribution in [0.2, 0.25) is 0 Å². The molecule has 0 saturated carbocycles. The Hall–Kier alpha value is -1.69. The van der Waals surface area contributed by atoms with Crippen molar-refractivity contribution in [2.24, 2.45) is 0 Å². The smallest absolute Gasteiger partial charge is 0.263 e. The molecule has 2 aromatic heterocycles. The molecule has 1 atom stereocenters. The van der Waals surface area contributed by atoms with Gasteiger partial charge in [-0.05, 0) is 20.8 Å². The van der Waals surface area contributed by atoms with Gasteiger partial charge in [0.2, 0.25) is 0 Å². The molecule has 90 valence electrons. The zero-order valence-electron chi connectivity index (χ0n) is 9.94. The lowest BCUT2D eigenvalue weighted by Crippen LogP contribution is -2.27. The molecule has 0 saturated heterocycles. The molecular formula is C11H14N4OS. The van der Waals surface area contributed by atoms with Crippen LogP contribution in [0.25, 0.3) is 0 Å². The number of aromatic amines is 1. The summed E-state index contributed by atoms with van der Waals surface area (Å²) in [6.07, 6.45) is 3.40. The molecule has 6 heteroatoms. The molecule has 0 aliphatic heterocycles. The number of H-pyrrole nitrogens is 1. The second-order valence-electron chi connectivity index (χ2n) is 3.82. The maximum absolute atomic E-state index is 12.0. The Bertz CT molecular complexity index is 518. The lowest BCUT2D eigenvalue weighted by molar-refractivity contribution is 0.0941. The molecule has 0 radical (unpaired) electrons. The van der Waals surface area contributed by atoms with Gasteiger partial charge in [-0.25, -0.2) is 9.97 Å². The van der Waals surface area contributed by atoms with Crippen molar-refractivity contribution in [2.45, 2.75) is 26.8 Å². The number of nitrogens with zero attached hydrogens (tertiary/aromatic N) is 2. The number of hydrogen-bond donors (Lipinski definition) is 2. The van der Waals surface area contributed by atoms with E-state index < -0.39 is 0 Å². The van der Waals surface area contributed by atoms with Gasteiger partial charge in [0, 0.05) is 12.4 Å². The fraction of sp³-hybridized carbons (Fsp3) is 0.364. The van der Waals surface area contributed by atoms with E-state index in [0.29, 0.717) is 4.88 Å². The molecule has 0 spiro atoms. The first kappa shape index (κ1) is 11.8. The average molecular weight is 250 g/mol. The number of thiazole rings is 1. The molecule has 2 rings (SSSR count). The topological polar surface area (TPSA) is 70.7 Å². The number of aromatic nitrogens is 3. The Balaban J connectivity index is 2.09. The van der Waals surface area contributed by atoms with Gasteiger partial charge >= 0.3 is 0 Å². The van der Waals surface area contributed by atoms with E-state index in [1.54, 1.807) is 12.4 Å². The van der Waals surface area contributed by atoms with Crippen LogP contribution >= 0.6 is 11.3 Å². The molecule has 0 aliphatic carbocycles. The Kier molecular flexibility index (Phi) is 3.23. The maximum atomic E-state index is 12.0. The number of aryl methyl sites for hydroxylation is 2. The van der Waals surface area contributed by atoms with Crippen molar-refractivity contribution in [1.82, 2.24) is 20.3 Å². The predicted octanol–water partition coefficient (Wildman–Crippen LogP) is 1.97. The molecule has 2 heterocycles. The van der Waals surface area contributed by atoms with Crippen molar-refractivity contribution in [2.75, 3.05) is 0 Å². The van der Waals surface area contributed by atoms with Gasteiger partial charge in [0.05, 0.1) is 16.7 Å². The van der Waals surface area contributed by atoms with Crippen LogP contribution in [0.15, 0.2) is 12.4 Å². The van der Waals surface area contributed by atoms with E-state index in [4.69, 9.17) is 0 Å². The first-order chi connectivity index (χ1) is 8.08. The highest BCUT2D eigenvalue weighted by Gasteiger charge is 2.17. The van der Waals surface area contributed by atoms with Gasteiger partial charge in [0.15, 0.2) is 0 Å². The fourth-order valence-corrected chi connectivity index (χ4v) is 2.41. The number of amides is 1. The normalized spacial score (nSPS) is 12.4. The Morgan fingerprint density at radius 2 is 2.29 bits per heavy atom. The van der Waals surface area contributed by atoms with Gasteiger partial charge in [-0.1, -0.05) is 0 Å². The molecule has 2 aromatic rings. The van der Waals surface area contributed by atoms with Crippen molar-refractivity contribution in [3.8, 4) is 0 Å². The van der Waals surface area contributed by atoms with Gasteiger partial charge in [0.25, 0.3) is 5.91 Å². The number of hydrogen-bond acceptors (Lipinski definition) is 4. The summed E-state index contributed by atoms with van der Waals surface area (Å²) in [4.78, 5) is 24.0. The van der Waals surface area contributed by atoms with Crippen LogP contribution in [-0.4, -0.2) is 20.9 Å². The third kappa shape index (κ3) is 2.52. The van der Waals surface area contributed by atoms with Gasteiger partial charge < -0.3 is 10.3 Å². The number of carbonyl (C=O) groups excluding carboxylic acids is 1. The van der Waals surface area contributed by atoms with Crippen molar-refractivity contribution >= 4 is 17.2 Å². The number of carbonyl (C=O) groups is 1. The SMILES string of the molecule is Cc1nc(C)c(C(=O)NC(C)c2ncc[nH]2)s1. The molecule has 1 unspecified atom stereocenters. The van der Waals surface area contributed by atoms with Crippen LogP contribution in [0.1, 0.15) is 39.2 Å². The van der Waals surface area contributed by atoms with Crippen molar-refractivity contribution in [1.29, 1.82) is 0 Å². The van der Waals surface area contributed by atoms with Crippen LogP contribution in [0, 0.1) is 13.8 Å². The minimum atomic E-state index is -0.140. The van der Waals surface area contributed by atoms with Crippen LogP contribution in [0.4, 0.5) is 0 Å². The Morgan fingerprint density at radius 1 is 1.53 bits per heavy atom. The van der Waals surface area contributed by atoms with Crippen molar-refractivity contribution in [3.63, 3.8) is 0 Å². The van der Waals surface area contributed by atoms with Crippen molar-refractivity contribution in [3.05, 3.63) is 33.8 Å². The monoisotopic (exact) mass is 250 g/mol. The number of imidazole rings is 1. The summed E-state index contributed by atoms with van der Waals surface area (Å²) in [6.45, 7) is 5.63. The zero-order chi connectivity index (χ0) is 12.4. The first-order valence-corrected chi connectivity index (χ1v) is 6.13. The fourth-order valence-electron chi connectivity index (χ4n) is 1.59. The molecular weight excluding hydrogens is 236 g/mol. The standard InChI is InChI=1S/C11H14N4OS/c1-6-9(17-8(3)14-6)11(16)15-7(2)10-12-4-5-13-10/h4-5,7H,1-3H3,(H,12,13)(H,15,16). The van der Waals surface area contributed by atoms with E-state index in [-0.39, 0.29) is 11.9 Å². The Labute approximate surface area is 103 Å². The molecule has 0 fully saturated rings. The molecule has 0 aromatic carbocycles. The molecule has 2 N–H and O–H groups in total. The summed E-state index contributed by atoms with van der Waals surface area (Å²) in [5.74, 6) is 0.647. The van der Waals surface area contributed by atoms with Crippen LogP contribution in [0.3, 0.4) is 0 Å². The summed E-state index contributed by atoms with van der Waals surface area (Å²) in [5.41, 5.74) is 0.775. The van der Waals surface area contributed by atoms with Gasteiger partial charge in [-0.15, -0.1) is 11.3 Å². The van der Waals surface area contributed by atoms with E-state index in [1.807, 2.05) is 20.8 Å². The van der Waals surface area contributed by atoms with E-state index in [2.05, 4.69) is 20.3 Å². The zero-order valence-corrected chi connectivity index (χ0v) is 10.8. The lowest BCUT2D eigenvalue weighted by Gasteiger charge is -2.10. The highest BCUT2D eigenvalue weighted by atomic mass is 32.1. The maximum Gasteiger partial charge on any atom is 0.263 e. The van der Waals surface area contributed by atoms with E-state index in [9.17, 15) is 4.79 Å². The summed E-state index contributed by atoms with van der Waals surface area (Å²) >= 11 is 1.41. The number of rotatable bonds is 3. The van der Waals surface area contributed by atoms with Gasteiger partial charge in [0.1, 0.15) is 10.7 Å². The first-order valence-electron chi connectivity index (χ1n) is 5.32. The number of nitrogens with one attached hydrogen (secondary N) is 2. The minimum absolute atomic E-state index is 0.1000. The average Bonchev–Trinajstić information content (AvgIpc) is 2.87. The predicted molar refractivity (Wildman–Crippen MR) is 66.1 cm³/mol. The highest BCUT2D eigenvalue weighted by molar-refractivity contribution is 7.13. The third-order valence-electron chi connectivity index (χ3n) is 2.39. The molecule has 17 heavy (non-hydrogen) atoms. The Morgan fingerprint density at radius 3 is 2.82 bits per heavy atom. The molecule has 0 aliphatic rings. The van der Waals surface area contributed by atoms with Gasteiger partial charge in [-0.3, -0.25) is 4.79 Å². The second-order valence-corrected chi connectivity index (χ2v) is 5.02. The molecule has 0 bridgehead atoms. The van der Waals surface area contributed by atoms with E-state index in [1.165, 1.54) is 11.3 Å². The van der Waals surface area contributed by atoms with Crippen molar-refractivity contribution < 1.29 is 4.79 Å². The van der Waals surface area contributed by atoms with Crippen LogP contribution in [-0.2, 0) is 0 Å². The van der Waals surface area contributed by atoms with Gasteiger partial charge in [-0.2, -0.15) is 0 Å².